The van der Waals surface area contributed by atoms with Crippen molar-refractivity contribution in [2.45, 2.75) is 18.9 Å². The van der Waals surface area contributed by atoms with Crippen LogP contribution in [0.15, 0.2) is 18.2 Å². The highest BCUT2D eigenvalue weighted by atomic mass is 35.5. The zero-order chi connectivity index (χ0) is 13.7. The highest BCUT2D eigenvalue weighted by Gasteiger charge is 2.15. The maximum atomic E-state index is 12.9. The Labute approximate surface area is 128 Å². The summed E-state index contributed by atoms with van der Waals surface area (Å²) in [6.07, 6.45) is 1.85. The first-order valence-corrected chi connectivity index (χ1v) is 6.61. The van der Waals surface area contributed by atoms with Crippen LogP contribution in [-0.2, 0) is 4.79 Å². The Balaban J connectivity index is 0.00000200. The lowest BCUT2D eigenvalue weighted by atomic mass is 10.1. The van der Waals surface area contributed by atoms with E-state index >= 15 is 0 Å². The highest BCUT2D eigenvalue weighted by Crippen LogP contribution is 2.20. The quantitative estimate of drug-likeness (QED) is 0.893. The molecular weight excluding hydrogens is 306 g/mol. The van der Waals surface area contributed by atoms with Gasteiger partial charge >= 0.3 is 0 Å². The first-order chi connectivity index (χ1) is 9.15. The molecule has 0 unspecified atom stereocenters. The molecule has 0 saturated carbocycles. The summed E-state index contributed by atoms with van der Waals surface area (Å²) in [6.45, 7) is 1.74. The maximum absolute atomic E-state index is 12.9. The minimum absolute atomic E-state index is 0. The molecule has 1 saturated heterocycles. The van der Waals surface area contributed by atoms with Crippen molar-refractivity contribution in [3.63, 3.8) is 0 Å². The fraction of sp³-hybridized carbons (Fsp3) is 0.462. The smallest absolute Gasteiger partial charge is 0.258 e. The van der Waals surface area contributed by atoms with Gasteiger partial charge in [-0.05, 0) is 38.1 Å². The molecule has 7 heteroatoms. The lowest BCUT2D eigenvalue weighted by molar-refractivity contribution is -0.123. The molecule has 0 radical (unpaired) electrons. The van der Waals surface area contributed by atoms with Gasteiger partial charge in [-0.1, -0.05) is 11.6 Å². The number of hydrogen-bond acceptors (Lipinski definition) is 3. The van der Waals surface area contributed by atoms with Gasteiger partial charge in [0.1, 0.15) is 11.6 Å². The summed E-state index contributed by atoms with van der Waals surface area (Å²) >= 11 is 5.62. The Hall–Kier alpha value is -1.04. The standard InChI is InChI=1S/C13H16ClFN2O2.ClH/c14-11-7-10(1-2-12(11)15)19-8-13(18)17-9-3-5-16-6-4-9;/h1-2,7,9,16H,3-6,8H2,(H,17,18);1H. The number of rotatable bonds is 4. The zero-order valence-corrected chi connectivity index (χ0v) is 12.4. The fourth-order valence-corrected chi connectivity index (χ4v) is 2.12. The molecule has 20 heavy (non-hydrogen) atoms. The van der Waals surface area contributed by atoms with E-state index in [1.165, 1.54) is 18.2 Å². The second-order valence-corrected chi connectivity index (χ2v) is 4.86. The van der Waals surface area contributed by atoms with Gasteiger partial charge in [-0.3, -0.25) is 4.79 Å². The summed E-state index contributed by atoms with van der Waals surface area (Å²) in [4.78, 5) is 11.7. The van der Waals surface area contributed by atoms with Crippen LogP contribution in [0.2, 0.25) is 5.02 Å². The number of halogens is 3. The van der Waals surface area contributed by atoms with Gasteiger partial charge in [-0.25, -0.2) is 4.39 Å². The third kappa shape index (κ3) is 5.15. The second kappa shape index (κ2) is 8.29. The van der Waals surface area contributed by atoms with Crippen LogP contribution in [0.1, 0.15) is 12.8 Å². The molecular formula is C13H17Cl2FN2O2. The monoisotopic (exact) mass is 322 g/mol. The predicted octanol–water partition coefficient (Wildman–Crippen LogP) is 2.15. The number of benzene rings is 1. The molecule has 2 rings (SSSR count). The van der Waals surface area contributed by atoms with Crippen molar-refractivity contribution in [3.05, 3.63) is 29.0 Å². The number of carbonyl (C=O) groups is 1. The van der Waals surface area contributed by atoms with Gasteiger partial charge < -0.3 is 15.4 Å². The summed E-state index contributed by atoms with van der Waals surface area (Å²) in [5, 5.41) is 6.11. The van der Waals surface area contributed by atoms with Crippen molar-refractivity contribution in [2.24, 2.45) is 0 Å². The van der Waals surface area contributed by atoms with Crippen LogP contribution in [0.5, 0.6) is 5.75 Å². The summed E-state index contributed by atoms with van der Waals surface area (Å²) in [6, 6.07) is 4.21. The van der Waals surface area contributed by atoms with Crippen LogP contribution < -0.4 is 15.4 Å². The molecule has 0 atom stereocenters. The summed E-state index contributed by atoms with van der Waals surface area (Å²) in [7, 11) is 0. The molecule has 1 heterocycles. The van der Waals surface area contributed by atoms with Gasteiger partial charge in [0.25, 0.3) is 5.91 Å². The van der Waals surface area contributed by atoms with Crippen molar-refractivity contribution in [1.82, 2.24) is 10.6 Å². The minimum atomic E-state index is -0.506. The molecule has 4 nitrogen and oxygen atoms in total. The third-order valence-electron chi connectivity index (χ3n) is 2.97. The van der Waals surface area contributed by atoms with E-state index in [0.717, 1.165) is 25.9 Å². The number of piperidine rings is 1. The normalized spacial score (nSPS) is 15.3. The van der Waals surface area contributed by atoms with E-state index in [1.54, 1.807) is 0 Å². The number of ether oxygens (including phenoxy) is 1. The van der Waals surface area contributed by atoms with Gasteiger partial charge in [0, 0.05) is 12.1 Å². The zero-order valence-electron chi connectivity index (χ0n) is 10.8. The van der Waals surface area contributed by atoms with E-state index in [0.29, 0.717) is 5.75 Å². The molecule has 0 aliphatic carbocycles. The molecule has 1 aromatic rings. The van der Waals surface area contributed by atoms with E-state index in [9.17, 15) is 9.18 Å². The van der Waals surface area contributed by atoms with Crippen LogP contribution in [0.3, 0.4) is 0 Å². The number of amides is 1. The second-order valence-electron chi connectivity index (χ2n) is 4.46. The van der Waals surface area contributed by atoms with Crippen LogP contribution in [0, 0.1) is 5.82 Å². The van der Waals surface area contributed by atoms with Gasteiger partial charge in [0.05, 0.1) is 5.02 Å². The molecule has 0 spiro atoms. The summed E-state index contributed by atoms with van der Waals surface area (Å²) < 4.78 is 18.2. The van der Waals surface area contributed by atoms with Gasteiger partial charge in [0.15, 0.2) is 6.61 Å². The molecule has 1 aromatic carbocycles. The summed E-state index contributed by atoms with van der Waals surface area (Å²) in [5.74, 6) is -0.299. The number of carbonyl (C=O) groups excluding carboxylic acids is 1. The number of hydrogen-bond donors (Lipinski definition) is 2. The largest absolute Gasteiger partial charge is 0.484 e. The van der Waals surface area contributed by atoms with Crippen molar-refractivity contribution in [3.8, 4) is 5.75 Å². The first-order valence-electron chi connectivity index (χ1n) is 6.23. The Bertz CT molecular complexity index is 454. The Morgan fingerprint density at radius 1 is 1.45 bits per heavy atom. The Kier molecular flexibility index (Phi) is 7.05. The van der Waals surface area contributed by atoms with Crippen molar-refractivity contribution >= 4 is 29.9 Å². The van der Waals surface area contributed by atoms with E-state index in [-0.39, 0.29) is 36.0 Å². The van der Waals surface area contributed by atoms with Crippen LogP contribution in [0.25, 0.3) is 0 Å². The van der Waals surface area contributed by atoms with Crippen molar-refractivity contribution < 1.29 is 13.9 Å². The third-order valence-corrected chi connectivity index (χ3v) is 3.25. The van der Waals surface area contributed by atoms with Gasteiger partial charge in [-0.15, -0.1) is 12.4 Å². The highest BCUT2D eigenvalue weighted by molar-refractivity contribution is 6.30. The molecule has 1 fully saturated rings. The maximum Gasteiger partial charge on any atom is 0.258 e. The van der Waals surface area contributed by atoms with E-state index in [2.05, 4.69) is 10.6 Å². The molecule has 112 valence electrons. The Morgan fingerprint density at radius 2 is 2.15 bits per heavy atom. The Morgan fingerprint density at radius 3 is 2.80 bits per heavy atom. The molecule has 2 N–H and O–H groups in total. The average Bonchev–Trinajstić information content (AvgIpc) is 2.41. The van der Waals surface area contributed by atoms with E-state index in [1.807, 2.05) is 0 Å². The van der Waals surface area contributed by atoms with Crippen molar-refractivity contribution in [2.75, 3.05) is 19.7 Å². The number of nitrogens with one attached hydrogen (secondary N) is 2. The van der Waals surface area contributed by atoms with Crippen LogP contribution in [-0.4, -0.2) is 31.6 Å². The fourth-order valence-electron chi connectivity index (χ4n) is 1.95. The lowest BCUT2D eigenvalue weighted by Gasteiger charge is -2.23. The van der Waals surface area contributed by atoms with Gasteiger partial charge in [0.2, 0.25) is 0 Å². The van der Waals surface area contributed by atoms with E-state index in [4.69, 9.17) is 16.3 Å². The molecule has 1 aliphatic heterocycles. The molecule has 0 aromatic heterocycles. The lowest BCUT2D eigenvalue weighted by Crippen LogP contribution is -2.44. The van der Waals surface area contributed by atoms with Crippen LogP contribution in [0.4, 0.5) is 4.39 Å². The van der Waals surface area contributed by atoms with Gasteiger partial charge in [-0.2, -0.15) is 0 Å². The van der Waals surface area contributed by atoms with Crippen LogP contribution >= 0.6 is 24.0 Å². The molecule has 1 aliphatic rings. The topological polar surface area (TPSA) is 50.4 Å². The molecule has 0 bridgehead atoms. The predicted molar refractivity (Wildman–Crippen MR) is 78.2 cm³/mol. The first kappa shape index (κ1) is 17.0. The van der Waals surface area contributed by atoms with Crippen molar-refractivity contribution in [1.29, 1.82) is 0 Å². The summed E-state index contributed by atoms with van der Waals surface area (Å²) in [5.41, 5.74) is 0. The minimum Gasteiger partial charge on any atom is -0.484 e. The SMILES string of the molecule is Cl.O=C(COc1ccc(F)c(Cl)c1)NC1CCNCC1. The molecule has 1 amide bonds. The van der Waals surface area contributed by atoms with E-state index < -0.39 is 5.82 Å². The average molecular weight is 323 g/mol.